The van der Waals surface area contributed by atoms with E-state index in [9.17, 15) is 0 Å². The standard InChI is InChI=1S/C28H22BN3O2/c1-16-22(12-8-14-23(16)33-3)32-17(2)30-21-15-25-26-27(28(21)32)31-20-11-6-4-9-18(20)29(26)19-10-5-7-13-24(19)34-25/h4-15,31H,1-3H3/p+1. The minimum absolute atomic E-state index is 0.104. The lowest BCUT2D eigenvalue weighted by Gasteiger charge is -2.33. The van der Waals surface area contributed by atoms with Gasteiger partial charge in [-0.2, -0.15) is 4.57 Å². The van der Waals surface area contributed by atoms with Crippen LogP contribution in [0.5, 0.6) is 17.2 Å². The summed E-state index contributed by atoms with van der Waals surface area (Å²) in [5, 5.41) is 3.77. The van der Waals surface area contributed by atoms with Gasteiger partial charge in [-0.1, -0.05) is 42.5 Å². The number of hydrogen-bond donors (Lipinski definition) is 2. The molecule has 6 heteroatoms. The van der Waals surface area contributed by atoms with Crippen LogP contribution in [0.1, 0.15) is 11.4 Å². The third kappa shape index (κ3) is 2.48. The van der Waals surface area contributed by atoms with E-state index in [1.165, 1.54) is 16.4 Å². The fraction of sp³-hybridized carbons (Fsp3) is 0.107. The molecule has 0 fully saturated rings. The summed E-state index contributed by atoms with van der Waals surface area (Å²) in [6, 6.07) is 25.3. The topological polar surface area (TPSA) is 50.2 Å². The first-order valence-corrected chi connectivity index (χ1v) is 11.5. The molecule has 0 saturated carbocycles. The Balaban J connectivity index is 1.59. The Morgan fingerprint density at radius 3 is 2.53 bits per heavy atom. The van der Waals surface area contributed by atoms with Gasteiger partial charge in [-0.05, 0) is 42.1 Å². The Bertz CT molecular complexity index is 1630. The minimum atomic E-state index is 0.104. The van der Waals surface area contributed by atoms with E-state index in [0.29, 0.717) is 0 Å². The van der Waals surface area contributed by atoms with Crippen molar-refractivity contribution in [3.8, 4) is 22.9 Å². The van der Waals surface area contributed by atoms with Crippen molar-refractivity contribution in [3.63, 3.8) is 0 Å². The van der Waals surface area contributed by atoms with E-state index < -0.39 is 0 Å². The zero-order valence-corrected chi connectivity index (χ0v) is 19.3. The van der Waals surface area contributed by atoms with Crippen molar-refractivity contribution < 1.29 is 14.0 Å². The Labute approximate surface area is 198 Å². The molecule has 1 aromatic heterocycles. The van der Waals surface area contributed by atoms with E-state index in [1.807, 2.05) is 18.2 Å². The first-order chi connectivity index (χ1) is 16.7. The van der Waals surface area contributed by atoms with Crippen LogP contribution >= 0.6 is 0 Å². The first kappa shape index (κ1) is 19.3. The van der Waals surface area contributed by atoms with Crippen molar-refractivity contribution in [3.05, 3.63) is 84.2 Å². The van der Waals surface area contributed by atoms with Crippen molar-refractivity contribution >= 4 is 45.5 Å². The Morgan fingerprint density at radius 1 is 0.882 bits per heavy atom. The monoisotopic (exact) mass is 444 g/mol. The van der Waals surface area contributed by atoms with Gasteiger partial charge in [0.2, 0.25) is 5.52 Å². The lowest BCUT2D eigenvalue weighted by atomic mass is 9.34. The van der Waals surface area contributed by atoms with Crippen LogP contribution in [-0.4, -0.2) is 18.8 Å². The molecule has 0 amide bonds. The van der Waals surface area contributed by atoms with Crippen molar-refractivity contribution in [2.45, 2.75) is 13.8 Å². The summed E-state index contributed by atoms with van der Waals surface area (Å²) in [5.41, 5.74) is 10.2. The summed E-state index contributed by atoms with van der Waals surface area (Å²) in [6.45, 7) is 4.31. The molecule has 0 spiro atoms. The number of nitrogens with one attached hydrogen (secondary N) is 2. The molecule has 0 atom stereocenters. The number of methoxy groups -OCH3 is 1. The van der Waals surface area contributed by atoms with Crippen LogP contribution in [0.25, 0.3) is 16.7 Å². The molecule has 5 aromatic rings. The molecule has 2 aliphatic rings. The number of nitrogens with zero attached hydrogens (tertiary/aromatic N) is 1. The molecular formula is C28H23BN3O2+. The van der Waals surface area contributed by atoms with Gasteiger partial charge in [0.1, 0.15) is 22.9 Å². The van der Waals surface area contributed by atoms with Gasteiger partial charge in [-0.3, -0.25) is 0 Å². The van der Waals surface area contributed by atoms with Crippen LogP contribution in [0.15, 0.2) is 72.8 Å². The molecule has 0 saturated heterocycles. The van der Waals surface area contributed by atoms with Crippen molar-refractivity contribution in [2.24, 2.45) is 0 Å². The number of benzene rings is 4. The number of ether oxygens (including phenoxy) is 2. The van der Waals surface area contributed by atoms with Gasteiger partial charge in [-0.15, -0.1) is 0 Å². The highest BCUT2D eigenvalue weighted by molar-refractivity contribution is 6.99. The number of para-hydroxylation sites is 2. The number of aromatic nitrogens is 2. The maximum atomic E-state index is 6.47. The van der Waals surface area contributed by atoms with Crippen LogP contribution in [0.4, 0.5) is 11.4 Å². The van der Waals surface area contributed by atoms with Gasteiger partial charge in [0.15, 0.2) is 5.52 Å². The fourth-order valence-electron chi connectivity index (χ4n) is 5.68. The van der Waals surface area contributed by atoms with Crippen LogP contribution in [0.3, 0.4) is 0 Å². The number of hydrogen-bond acceptors (Lipinski definition) is 3. The third-order valence-corrected chi connectivity index (χ3v) is 7.16. The highest BCUT2D eigenvalue weighted by Crippen LogP contribution is 2.37. The van der Waals surface area contributed by atoms with Crippen LogP contribution in [0.2, 0.25) is 0 Å². The summed E-state index contributed by atoms with van der Waals surface area (Å²) in [4.78, 5) is 3.60. The fourth-order valence-corrected chi connectivity index (χ4v) is 5.68. The van der Waals surface area contributed by atoms with E-state index in [4.69, 9.17) is 9.47 Å². The summed E-state index contributed by atoms with van der Waals surface area (Å²) in [7, 11) is 1.72. The highest BCUT2D eigenvalue weighted by Gasteiger charge is 2.41. The molecule has 0 unspecified atom stereocenters. The number of aryl methyl sites for hydroxylation is 1. The second kappa shape index (κ2) is 6.91. The number of rotatable bonds is 2. The van der Waals surface area contributed by atoms with Gasteiger partial charge in [0.25, 0.3) is 12.5 Å². The van der Waals surface area contributed by atoms with Gasteiger partial charge < -0.3 is 14.8 Å². The molecular weight excluding hydrogens is 421 g/mol. The molecule has 34 heavy (non-hydrogen) atoms. The van der Waals surface area contributed by atoms with E-state index in [0.717, 1.165) is 56.7 Å². The molecule has 164 valence electrons. The lowest BCUT2D eigenvalue weighted by molar-refractivity contribution is -0.574. The predicted molar refractivity (Wildman–Crippen MR) is 137 cm³/mol. The summed E-state index contributed by atoms with van der Waals surface area (Å²) < 4.78 is 14.4. The first-order valence-electron chi connectivity index (χ1n) is 11.5. The average Bonchev–Trinajstić information content (AvgIpc) is 3.19. The molecule has 0 bridgehead atoms. The Morgan fingerprint density at radius 2 is 1.68 bits per heavy atom. The zero-order valence-electron chi connectivity index (χ0n) is 19.3. The van der Waals surface area contributed by atoms with Crippen molar-refractivity contribution in [1.82, 2.24) is 4.98 Å². The van der Waals surface area contributed by atoms with E-state index in [-0.39, 0.29) is 6.71 Å². The molecule has 2 aliphatic heterocycles. The Hall–Kier alpha value is -4.19. The summed E-state index contributed by atoms with van der Waals surface area (Å²) in [6.07, 6.45) is 0. The second-order valence-electron chi connectivity index (χ2n) is 8.99. The predicted octanol–water partition coefficient (Wildman–Crippen LogP) is 3.75. The minimum Gasteiger partial charge on any atom is -0.496 e. The third-order valence-electron chi connectivity index (χ3n) is 7.16. The number of imidazole rings is 1. The number of fused-ring (bicyclic) bond motifs is 6. The maximum absolute atomic E-state index is 6.47. The van der Waals surface area contributed by atoms with E-state index in [2.05, 4.69) is 83.3 Å². The normalized spacial score (nSPS) is 13.0. The number of aromatic amines is 1. The largest absolute Gasteiger partial charge is 0.496 e. The molecule has 7 rings (SSSR count). The van der Waals surface area contributed by atoms with Crippen LogP contribution in [0, 0.1) is 13.8 Å². The van der Waals surface area contributed by atoms with Gasteiger partial charge in [0.05, 0.1) is 12.8 Å². The van der Waals surface area contributed by atoms with Crippen LogP contribution < -0.4 is 35.7 Å². The van der Waals surface area contributed by atoms with Gasteiger partial charge in [-0.25, -0.2) is 4.98 Å². The van der Waals surface area contributed by atoms with Crippen molar-refractivity contribution in [2.75, 3.05) is 12.4 Å². The smallest absolute Gasteiger partial charge is 0.257 e. The van der Waals surface area contributed by atoms with Gasteiger partial charge in [0, 0.05) is 29.7 Å². The molecule has 0 aliphatic carbocycles. The number of anilines is 2. The van der Waals surface area contributed by atoms with Crippen LogP contribution in [-0.2, 0) is 0 Å². The second-order valence-corrected chi connectivity index (χ2v) is 8.99. The Kier molecular flexibility index (Phi) is 3.92. The molecule has 4 aromatic carbocycles. The van der Waals surface area contributed by atoms with Gasteiger partial charge >= 0.3 is 0 Å². The van der Waals surface area contributed by atoms with E-state index >= 15 is 0 Å². The molecule has 3 heterocycles. The molecule has 2 N–H and O–H groups in total. The summed E-state index contributed by atoms with van der Waals surface area (Å²) >= 11 is 0. The lowest BCUT2D eigenvalue weighted by Crippen LogP contribution is -2.58. The average molecular weight is 444 g/mol. The zero-order chi connectivity index (χ0) is 23.0. The highest BCUT2D eigenvalue weighted by atomic mass is 16.5. The van der Waals surface area contributed by atoms with E-state index in [1.54, 1.807) is 7.11 Å². The number of H-pyrrole nitrogens is 1. The molecule has 5 nitrogen and oxygen atoms in total. The summed E-state index contributed by atoms with van der Waals surface area (Å²) in [5.74, 6) is 3.73. The van der Waals surface area contributed by atoms with Crippen molar-refractivity contribution in [1.29, 1.82) is 0 Å². The quantitative estimate of drug-likeness (QED) is 0.316. The molecule has 0 radical (unpaired) electrons. The maximum Gasteiger partial charge on any atom is 0.257 e. The SMILES string of the molecule is COc1cccc(-[n+]2c(C)[nH]c3cc4c5c(c32)Nc2ccccc2B5c2ccccc2O4)c1C.